The molecule has 1 aromatic carbocycles. The van der Waals surface area contributed by atoms with Crippen molar-refractivity contribution < 1.29 is 14.4 Å². The van der Waals surface area contributed by atoms with Gasteiger partial charge in [-0.3, -0.25) is 29.2 Å². The predicted molar refractivity (Wildman–Crippen MR) is 109 cm³/mol. The van der Waals surface area contributed by atoms with E-state index in [-0.39, 0.29) is 30.6 Å². The quantitative estimate of drug-likeness (QED) is 0.679. The number of piperidine rings is 1. The molecule has 0 saturated carbocycles. The topological polar surface area (TPSA) is 70.6 Å². The average molecular weight is 391 g/mol. The van der Waals surface area contributed by atoms with E-state index in [1.54, 1.807) is 30.5 Å². The molecule has 0 spiro atoms. The van der Waals surface area contributed by atoms with Crippen LogP contribution >= 0.6 is 0 Å². The van der Waals surface area contributed by atoms with Gasteiger partial charge in [-0.15, -0.1) is 0 Å². The van der Waals surface area contributed by atoms with Gasteiger partial charge in [-0.25, -0.2) is 0 Å². The Labute approximate surface area is 170 Å². The van der Waals surface area contributed by atoms with Gasteiger partial charge in [0.25, 0.3) is 11.8 Å². The lowest BCUT2D eigenvalue weighted by Gasteiger charge is -2.26. The molecule has 1 saturated heterocycles. The van der Waals surface area contributed by atoms with Crippen LogP contribution in [0.1, 0.15) is 57.7 Å². The predicted octanol–water partition coefficient (Wildman–Crippen LogP) is 2.87. The van der Waals surface area contributed by atoms with Crippen LogP contribution in [-0.4, -0.2) is 52.0 Å². The molecule has 1 fully saturated rings. The number of aryl methyl sites for hydroxylation is 1. The Morgan fingerprint density at radius 3 is 2.34 bits per heavy atom. The van der Waals surface area contributed by atoms with Gasteiger partial charge in [0.05, 0.1) is 17.7 Å². The minimum absolute atomic E-state index is 0.136. The van der Waals surface area contributed by atoms with E-state index in [9.17, 15) is 14.4 Å². The highest BCUT2D eigenvalue weighted by Gasteiger charge is 2.35. The number of imide groups is 1. The fourth-order valence-electron chi connectivity index (χ4n) is 4.04. The standard InChI is InChI=1S/C23H25N3O3/c27-19(16-26-22(28)20-6-2-3-7-21(20)23(26)29)9-8-18-14-17(10-11-24-18)15-25-12-4-1-5-13-25/h2-3,6-7,10-11,14H,1,4-5,8-9,12-13,15-16H2. The van der Waals surface area contributed by atoms with Crippen LogP contribution in [-0.2, 0) is 17.8 Å². The molecular formula is C23H25N3O3. The zero-order valence-corrected chi connectivity index (χ0v) is 16.5. The maximum absolute atomic E-state index is 12.4. The van der Waals surface area contributed by atoms with E-state index < -0.39 is 0 Å². The number of rotatable bonds is 7. The molecule has 150 valence electrons. The number of fused-ring (bicyclic) bond motifs is 1. The minimum atomic E-state index is -0.388. The lowest BCUT2D eigenvalue weighted by Crippen LogP contribution is -2.35. The first-order valence-electron chi connectivity index (χ1n) is 10.2. The van der Waals surface area contributed by atoms with Crippen LogP contribution in [0.25, 0.3) is 0 Å². The van der Waals surface area contributed by atoms with E-state index >= 15 is 0 Å². The molecule has 1 aromatic heterocycles. The number of aromatic nitrogens is 1. The molecule has 29 heavy (non-hydrogen) atoms. The molecule has 2 amide bonds. The maximum atomic E-state index is 12.4. The third kappa shape index (κ3) is 4.43. The van der Waals surface area contributed by atoms with Gasteiger partial charge in [0, 0.05) is 24.9 Å². The first-order chi connectivity index (χ1) is 14.1. The van der Waals surface area contributed by atoms with Crippen LogP contribution in [0.2, 0.25) is 0 Å². The fourth-order valence-corrected chi connectivity index (χ4v) is 4.04. The minimum Gasteiger partial charge on any atom is -0.299 e. The average Bonchev–Trinajstić information content (AvgIpc) is 2.98. The lowest BCUT2D eigenvalue weighted by atomic mass is 10.1. The Morgan fingerprint density at radius 1 is 0.966 bits per heavy atom. The van der Waals surface area contributed by atoms with Gasteiger partial charge in [0.2, 0.25) is 0 Å². The van der Waals surface area contributed by atoms with Gasteiger partial charge in [0.15, 0.2) is 5.78 Å². The molecule has 3 heterocycles. The van der Waals surface area contributed by atoms with Crippen molar-refractivity contribution in [3.8, 4) is 0 Å². The van der Waals surface area contributed by atoms with Gasteiger partial charge < -0.3 is 0 Å². The van der Waals surface area contributed by atoms with Gasteiger partial charge in [0.1, 0.15) is 0 Å². The maximum Gasteiger partial charge on any atom is 0.261 e. The molecule has 2 aromatic rings. The van der Waals surface area contributed by atoms with Gasteiger partial charge in [-0.2, -0.15) is 0 Å². The number of Topliss-reactive ketones (excluding diaryl/α,β-unsaturated/α-hetero) is 1. The largest absolute Gasteiger partial charge is 0.299 e. The number of carbonyl (C=O) groups excluding carboxylic acids is 3. The van der Waals surface area contributed by atoms with Crippen molar-refractivity contribution in [2.75, 3.05) is 19.6 Å². The van der Waals surface area contributed by atoms with E-state index in [1.807, 2.05) is 6.07 Å². The number of nitrogens with zero attached hydrogens (tertiary/aromatic N) is 3. The van der Waals surface area contributed by atoms with Crippen LogP contribution in [0, 0.1) is 0 Å². The smallest absolute Gasteiger partial charge is 0.261 e. The van der Waals surface area contributed by atoms with Crippen LogP contribution in [0.4, 0.5) is 0 Å². The Hall–Kier alpha value is -2.86. The highest BCUT2D eigenvalue weighted by molar-refractivity contribution is 6.22. The summed E-state index contributed by atoms with van der Waals surface area (Å²) in [6.07, 6.45) is 6.38. The van der Waals surface area contributed by atoms with Crippen molar-refractivity contribution in [3.63, 3.8) is 0 Å². The highest BCUT2D eigenvalue weighted by atomic mass is 16.2. The fraction of sp³-hybridized carbons (Fsp3) is 0.391. The third-order valence-electron chi connectivity index (χ3n) is 5.61. The molecule has 0 N–H and O–H groups in total. The van der Waals surface area contributed by atoms with E-state index in [4.69, 9.17) is 0 Å². The summed E-state index contributed by atoms with van der Waals surface area (Å²) >= 11 is 0. The number of likely N-dealkylation sites (tertiary alicyclic amines) is 1. The van der Waals surface area contributed by atoms with Gasteiger partial charge in [-0.05, 0) is 62.2 Å². The number of pyridine rings is 1. The molecule has 4 rings (SSSR count). The van der Waals surface area contributed by atoms with Crippen LogP contribution in [0.5, 0.6) is 0 Å². The molecule has 0 bridgehead atoms. The van der Waals surface area contributed by atoms with Crippen molar-refractivity contribution in [2.45, 2.75) is 38.6 Å². The Kier molecular flexibility index (Phi) is 5.81. The number of amides is 2. The summed E-state index contributed by atoms with van der Waals surface area (Å²) in [6, 6.07) is 10.8. The van der Waals surface area contributed by atoms with E-state index in [2.05, 4.69) is 16.0 Å². The second-order valence-electron chi connectivity index (χ2n) is 7.77. The van der Waals surface area contributed by atoms with Crippen molar-refractivity contribution in [1.82, 2.24) is 14.8 Å². The molecule has 6 heteroatoms. The van der Waals surface area contributed by atoms with Gasteiger partial charge >= 0.3 is 0 Å². The summed E-state index contributed by atoms with van der Waals surface area (Å²) < 4.78 is 0. The molecule has 0 unspecified atom stereocenters. The normalized spacial score (nSPS) is 16.9. The van der Waals surface area contributed by atoms with E-state index in [0.717, 1.165) is 30.2 Å². The van der Waals surface area contributed by atoms with Crippen LogP contribution in [0.15, 0.2) is 42.6 Å². The summed E-state index contributed by atoms with van der Waals surface area (Å²) in [6.45, 7) is 3.01. The Bertz CT molecular complexity index is 899. The third-order valence-corrected chi connectivity index (χ3v) is 5.61. The lowest BCUT2D eigenvalue weighted by molar-refractivity contribution is -0.119. The highest BCUT2D eigenvalue weighted by Crippen LogP contribution is 2.22. The SMILES string of the molecule is O=C(CCc1cc(CN2CCCCC2)ccn1)CN1C(=O)c2ccccc2C1=O. The first-order valence-corrected chi connectivity index (χ1v) is 10.2. The summed E-state index contributed by atoms with van der Waals surface area (Å²) in [5.74, 6) is -0.913. The number of ketones is 1. The molecule has 6 nitrogen and oxygen atoms in total. The summed E-state index contributed by atoms with van der Waals surface area (Å²) in [5, 5.41) is 0. The van der Waals surface area contributed by atoms with Crippen LogP contribution < -0.4 is 0 Å². The number of hydrogen-bond donors (Lipinski definition) is 0. The second-order valence-corrected chi connectivity index (χ2v) is 7.77. The zero-order chi connectivity index (χ0) is 20.2. The Balaban J connectivity index is 1.31. The molecule has 0 atom stereocenters. The number of carbonyl (C=O) groups is 3. The van der Waals surface area contributed by atoms with Crippen LogP contribution in [0.3, 0.4) is 0 Å². The molecule has 2 aliphatic rings. The summed E-state index contributed by atoms with van der Waals surface area (Å²) in [5.41, 5.74) is 2.83. The first kappa shape index (κ1) is 19.5. The summed E-state index contributed by atoms with van der Waals surface area (Å²) in [4.78, 5) is 45.1. The van der Waals surface area contributed by atoms with Crippen molar-refractivity contribution in [2.24, 2.45) is 0 Å². The van der Waals surface area contributed by atoms with Crippen molar-refractivity contribution >= 4 is 17.6 Å². The second kappa shape index (κ2) is 8.66. The molecule has 0 radical (unpaired) electrons. The van der Waals surface area contributed by atoms with Crippen molar-refractivity contribution in [1.29, 1.82) is 0 Å². The van der Waals surface area contributed by atoms with Gasteiger partial charge in [-0.1, -0.05) is 18.6 Å². The monoisotopic (exact) mass is 391 g/mol. The summed E-state index contributed by atoms with van der Waals surface area (Å²) in [7, 11) is 0. The van der Waals surface area contributed by atoms with E-state index in [0.29, 0.717) is 17.5 Å². The number of benzene rings is 1. The number of hydrogen-bond acceptors (Lipinski definition) is 5. The molecule has 0 aliphatic carbocycles. The molecular weight excluding hydrogens is 366 g/mol. The molecule has 2 aliphatic heterocycles. The Morgan fingerprint density at radius 2 is 1.66 bits per heavy atom. The van der Waals surface area contributed by atoms with Crippen molar-refractivity contribution in [3.05, 3.63) is 65.0 Å². The van der Waals surface area contributed by atoms with E-state index in [1.165, 1.54) is 24.8 Å². The zero-order valence-electron chi connectivity index (χ0n) is 16.5.